The highest BCUT2D eigenvalue weighted by Crippen LogP contribution is 2.14. The summed E-state index contributed by atoms with van der Waals surface area (Å²) in [6.07, 6.45) is 27.1. The third-order valence-corrected chi connectivity index (χ3v) is 7.20. The molecule has 0 amide bonds. The molecule has 0 aliphatic rings. The van der Waals surface area contributed by atoms with Crippen LogP contribution >= 0.6 is 0 Å². The van der Waals surface area contributed by atoms with E-state index in [1.807, 2.05) is 0 Å². The van der Waals surface area contributed by atoms with Crippen LogP contribution in [0.5, 0.6) is 0 Å². The lowest BCUT2D eigenvalue weighted by atomic mass is 10.1. The predicted octanol–water partition coefficient (Wildman–Crippen LogP) is 9.40. The largest absolute Gasteiger partial charge is 0.462 e. The second-order valence-corrected chi connectivity index (χ2v) is 11.2. The summed E-state index contributed by atoms with van der Waals surface area (Å²) in [6, 6.07) is 0. The normalized spacial score (nSPS) is 12.0. The highest BCUT2D eigenvalue weighted by atomic mass is 17.2. The SMILES string of the molecule is CCCCCCCCCCCCCC(=O)OCC(COOCOC)OC(=O)CCCCCCCCCCCCC. The van der Waals surface area contributed by atoms with E-state index < -0.39 is 6.10 Å². The molecule has 0 aliphatic carbocycles. The zero-order chi connectivity index (χ0) is 29.4. The first-order valence-electron chi connectivity index (χ1n) is 16.7. The van der Waals surface area contributed by atoms with Crippen LogP contribution < -0.4 is 0 Å². The van der Waals surface area contributed by atoms with E-state index in [4.69, 9.17) is 24.0 Å². The molecule has 238 valence electrons. The molecule has 7 nitrogen and oxygen atoms in total. The number of rotatable bonds is 32. The monoisotopic (exact) mass is 572 g/mol. The summed E-state index contributed by atoms with van der Waals surface area (Å²) in [5, 5.41) is 0. The summed E-state index contributed by atoms with van der Waals surface area (Å²) in [5.41, 5.74) is 0. The van der Waals surface area contributed by atoms with Crippen molar-refractivity contribution in [1.29, 1.82) is 0 Å². The van der Waals surface area contributed by atoms with Crippen LogP contribution in [0.15, 0.2) is 0 Å². The molecule has 0 aromatic heterocycles. The van der Waals surface area contributed by atoms with Gasteiger partial charge in [-0.05, 0) is 12.8 Å². The summed E-state index contributed by atoms with van der Waals surface area (Å²) in [7, 11) is 1.49. The molecule has 0 aromatic rings. The van der Waals surface area contributed by atoms with Gasteiger partial charge < -0.3 is 14.2 Å². The summed E-state index contributed by atoms with van der Waals surface area (Å²) in [5.74, 6) is -0.558. The van der Waals surface area contributed by atoms with Crippen molar-refractivity contribution in [2.75, 3.05) is 27.1 Å². The molecule has 0 saturated heterocycles. The molecule has 0 heterocycles. The van der Waals surface area contributed by atoms with Gasteiger partial charge in [0.2, 0.25) is 0 Å². The Bertz CT molecular complexity index is 541. The smallest absolute Gasteiger partial charge is 0.306 e. The topological polar surface area (TPSA) is 80.3 Å². The molecule has 40 heavy (non-hydrogen) atoms. The first-order valence-corrected chi connectivity index (χ1v) is 16.7. The van der Waals surface area contributed by atoms with Crippen LogP contribution in [0, 0.1) is 0 Å². The molecule has 0 rings (SSSR count). The van der Waals surface area contributed by atoms with Crippen molar-refractivity contribution in [3.05, 3.63) is 0 Å². The fourth-order valence-corrected chi connectivity index (χ4v) is 4.69. The van der Waals surface area contributed by atoms with Crippen molar-refractivity contribution >= 4 is 11.9 Å². The van der Waals surface area contributed by atoms with E-state index in [1.165, 1.54) is 110 Å². The lowest BCUT2D eigenvalue weighted by Gasteiger charge is -2.17. The quantitative estimate of drug-likeness (QED) is 0.0261. The molecule has 0 N–H and O–H groups in total. The molecule has 1 atom stereocenters. The maximum Gasteiger partial charge on any atom is 0.306 e. The number of esters is 2. The van der Waals surface area contributed by atoms with E-state index in [2.05, 4.69) is 13.8 Å². The van der Waals surface area contributed by atoms with E-state index in [-0.39, 0.29) is 31.9 Å². The Balaban J connectivity index is 3.94. The molecular formula is C33H64O7. The lowest BCUT2D eigenvalue weighted by Crippen LogP contribution is -2.30. The van der Waals surface area contributed by atoms with Crippen LogP contribution in [-0.2, 0) is 33.6 Å². The van der Waals surface area contributed by atoms with Gasteiger partial charge >= 0.3 is 11.9 Å². The Morgan fingerprint density at radius 3 is 1.32 bits per heavy atom. The maximum atomic E-state index is 12.3. The van der Waals surface area contributed by atoms with Crippen LogP contribution in [0.3, 0.4) is 0 Å². The van der Waals surface area contributed by atoms with Gasteiger partial charge in [0.1, 0.15) is 13.2 Å². The van der Waals surface area contributed by atoms with E-state index >= 15 is 0 Å². The zero-order valence-electron chi connectivity index (χ0n) is 26.5. The molecule has 0 saturated carbocycles. The maximum absolute atomic E-state index is 12.3. The number of hydrogen-bond acceptors (Lipinski definition) is 7. The standard InChI is InChI=1S/C33H64O7/c1-4-6-8-10-12-14-16-18-20-22-24-26-32(34)37-28-31(29-38-39-30-36-3)40-33(35)27-25-23-21-19-17-15-13-11-9-7-5-2/h31H,4-30H2,1-3H3. The van der Waals surface area contributed by atoms with Crippen molar-refractivity contribution < 1.29 is 33.6 Å². The van der Waals surface area contributed by atoms with Crippen LogP contribution in [0.25, 0.3) is 0 Å². The summed E-state index contributed by atoms with van der Waals surface area (Å²) < 4.78 is 15.7. The number of carbonyl (C=O) groups is 2. The molecule has 1 unspecified atom stereocenters. The molecule has 0 spiro atoms. The van der Waals surface area contributed by atoms with Gasteiger partial charge in [0.05, 0.1) is 0 Å². The molecular weight excluding hydrogens is 508 g/mol. The minimum atomic E-state index is -0.696. The van der Waals surface area contributed by atoms with Gasteiger partial charge in [-0.3, -0.25) is 9.59 Å². The second-order valence-electron chi connectivity index (χ2n) is 11.2. The van der Waals surface area contributed by atoms with Crippen LogP contribution in [-0.4, -0.2) is 45.2 Å². The van der Waals surface area contributed by atoms with Crippen molar-refractivity contribution in [2.24, 2.45) is 0 Å². The third-order valence-electron chi connectivity index (χ3n) is 7.20. The number of hydrogen-bond donors (Lipinski definition) is 0. The molecule has 0 aromatic carbocycles. The minimum absolute atomic E-state index is 0.0148. The zero-order valence-corrected chi connectivity index (χ0v) is 26.5. The predicted molar refractivity (Wildman–Crippen MR) is 162 cm³/mol. The minimum Gasteiger partial charge on any atom is -0.462 e. The number of ether oxygens (including phenoxy) is 3. The average Bonchev–Trinajstić information content (AvgIpc) is 2.95. The van der Waals surface area contributed by atoms with Crippen molar-refractivity contribution in [1.82, 2.24) is 0 Å². The first-order chi connectivity index (χ1) is 19.6. The molecule has 0 aliphatic heterocycles. The summed E-state index contributed by atoms with van der Waals surface area (Å²) in [6.45, 7) is 4.42. The van der Waals surface area contributed by atoms with Gasteiger partial charge in [-0.15, -0.1) is 0 Å². The van der Waals surface area contributed by atoms with E-state index in [0.29, 0.717) is 12.8 Å². The highest BCUT2D eigenvalue weighted by molar-refractivity contribution is 5.70. The van der Waals surface area contributed by atoms with Gasteiger partial charge in [0, 0.05) is 20.0 Å². The van der Waals surface area contributed by atoms with Gasteiger partial charge in [0.15, 0.2) is 12.9 Å². The number of unbranched alkanes of at least 4 members (excludes halogenated alkanes) is 20. The van der Waals surface area contributed by atoms with Gasteiger partial charge in [-0.25, -0.2) is 9.78 Å². The Morgan fingerprint density at radius 1 is 0.500 bits per heavy atom. The average molecular weight is 573 g/mol. The van der Waals surface area contributed by atoms with Crippen molar-refractivity contribution in [3.63, 3.8) is 0 Å². The Kier molecular flexibility index (Phi) is 31.4. The number of methoxy groups -OCH3 is 1. The van der Waals surface area contributed by atoms with Gasteiger partial charge in [-0.2, -0.15) is 0 Å². The van der Waals surface area contributed by atoms with Crippen molar-refractivity contribution in [3.8, 4) is 0 Å². The molecule has 0 radical (unpaired) electrons. The Labute approximate surface area is 246 Å². The second kappa shape index (κ2) is 32.3. The lowest BCUT2D eigenvalue weighted by molar-refractivity contribution is -0.341. The fourth-order valence-electron chi connectivity index (χ4n) is 4.69. The van der Waals surface area contributed by atoms with Crippen LogP contribution in [0.2, 0.25) is 0 Å². The van der Waals surface area contributed by atoms with Gasteiger partial charge in [-0.1, -0.05) is 142 Å². The van der Waals surface area contributed by atoms with E-state index in [9.17, 15) is 9.59 Å². The van der Waals surface area contributed by atoms with Crippen LogP contribution in [0.4, 0.5) is 0 Å². The van der Waals surface area contributed by atoms with E-state index in [0.717, 1.165) is 38.5 Å². The van der Waals surface area contributed by atoms with Crippen molar-refractivity contribution in [2.45, 2.75) is 174 Å². The van der Waals surface area contributed by atoms with E-state index in [1.54, 1.807) is 0 Å². The molecule has 0 fully saturated rings. The molecule has 7 heteroatoms. The summed E-state index contributed by atoms with van der Waals surface area (Å²) in [4.78, 5) is 34.5. The van der Waals surface area contributed by atoms with Gasteiger partial charge in [0.25, 0.3) is 0 Å². The Hall–Kier alpha value is -1.18. The summed E-state index contributed by atoms with van der Waals surface area (Å²) >= 11 is 0. The highest BCUT2D eigenvalue weighted by Gasteiger charge is 2.18. The number of carbonyl (C=O) groups excluding carboxylic acids is 2. The fraction of sp³-hybridized carbons (Fsp3) is 0.939. The Morgan fingerprint density at radius 2 is 0.900 bits per heavy atom. The molecule has 0 bridgehead atoms. The van der Waals surface area contributed by atoms with Crippen LogP contribution in [0.1, 0.15) is 168 Å². The third kappa shape index (κ3) is 29.8. The first kappa shape index (κ1) is 38.8.